The summed E-state index contributed by atoms with van der Waals surface area (Å²) in [6.45, 7) is 2.11. The second-order valence-corrected chi connectivity index (χ2v) is 8.46. The second kappa shape index (κ2) is 11.2. The van der Waals surface area contributed by atoms with Crippen LogP contribution in [0.15, 0.2) is 0 Å². The number of aliphatic hydroxyl groups is 2. The summed E-state index contributed by atoms with van der Waals surface area (Å²) in [5.74, 6) is -4.40. The van der Waals surface area contributed by atoms with Crippen LogP contribution in [-0.2, 0) is 33.0 Å². The quantitative estimate of drug-likeness (QED) is 0.380. The van der Waals surface area contributed by atoms with E-state index in [9.17, 15) is 13.5 Å². The Labute approximate surface area is 167 Å². The van der Waals surface area contributed by atoms with E-state index < -0.39 is 28.4 Å². The minimum Gasteiger partial charge on any atom is -0.394 e. The van der Waals surface area contributed by atoms with Crippen molar-refractivity contribution in [3.05, 3.63) is 0 Å². The van der Waals surface area contributed by atoms with Crippen molar-refractivity contribution in [3.63, 3.8) is 0 Å². The van der Waals surface area contributed by atoms with E-state index in [4.69, 9.17) is 27.7 Å². The molecule has 0 aromatic heterocycles. The predicted octanol–water partition coefficient (Wildman–Crippen LogP) is 2.31. The van der Waals surface area contributed by atoms with E-state index in [0.717, 1.165) is 19.3 Å². The topological polar surface area (TPSA) is 121 Å². The fraction of sp³-hybridized carbons (Fsp3) is 1.00. The molecular formula is C18H34O9S. The average Bonchev–Trinajstić information content (AvgIpc) is 2.82. The van der Waals surface area contributed by atoms with Crippen molar-refractivity contribution in [3.8, 4) is 0 Å². The van der Waals surface area contributed by atoms with Gasteiger partial charge in [-0.3, -0.25) is 9.47 Å². The molecule has 0 bridgehead atoms. The van der Waals surface area contributed by atoms with Gasteiger partial charge < -0.3 is 14.9 Å². The van der Waals surface area contributed by atoms with Crippen molar-refractivity contribution >= 4 is 10.4 Å². The number of unbranched alkanes of at least 4 members (excludes halogenated alkanes) is 9. The van der Waals surface area contributed by atoms with Crippen molar-refractivity contribution in [2.45, 2.75) is 95.6 Å². The molecule has 0 aromatic rings. The standard InChI is InChI=1S/C18H34O9S/c1-2-3-4-5-6-7-8-9-10-11-12-17(20)18(27-28(21,22)26-17)24-16(25-18)15-23-14-13-19/h16,19-20H,2-15H2,1H3. The van der Waals surface area contributed by atoms with Gasteiger partial charge in [0.2, 0.25) is 0 Å². The summed E-state index contributed by atoms with van der Waals surface area (Å²) in [4.78, 5) is 0. The smallest absolute Gasteiger partial charge is 0.394 e. The monoisotopic (exact) mass is 426 g/mol. The molecular weight excluding hydrogens is 392 g/mol. The van der Waals surface area contributed by atoms with Gasteiger partial charge in [0.15, 0.2) is 6.29 Å². The Hall–Kier alpha value is -0.330. The highest BCUT2D eigenvalue weighted by Gasteiger charge is 2.73. The molecule has 2 saturated heterocycles. The van der Waals surface area contributed by atoms with Gasteiger partial charge in [-0.05, 0) is 6.42 Å². The maximum absolute atomic E-state index is 11.7. The predicted molar refractivity (Wildman–Crippen MR) is 99.1 cm³/mol. The van der Waals surface area contributed by atoms with Gasteiger partial charge >= 0.3 is 16.4 Å². The molecule has 28 heavy (non-hydrogen) atoms. The summed E-state index contributed by atoms with van der Waals surface area (Å²) in [6, 6.07) is 0. The molecule has 0 saturated carbocycles. The zero-order valence-electron chi connectivity index (χ0n) is 16.6. The van der Waals surface area contributed by atoms with Crippen molar-refractivity contribution in [2.75, 3.05) is 19.8 Å². The number of hydrogen-bond donors (Lipinski definition) is 2. The SMILES string of the molecule is CCCCCCCCCCCCC1(O)OS(=O)(=O)OC12OC(COCCO)O2. The minimum absolute atomic E-state index is 0.00689. The number of aliphatic hydroxyl groups excluding tert-OH is 1. The number of hydrogen-bond acceptors (Lipinski definition) is 9. The maximum Gasteiger partial charge on any atom is 0.407 e. The Morgan fingerprint density at radius 2 is 1.50 bits per heavy atom. The first-order valence-corrected chi connectivity index (χ1v) is 11.6. The molecule has 0 aliphatic carbocycles. The highest BCUT2D eigenvalue weighted by Crippen LogP contribution is 2.50. The lowest BCUT2D eigenvalue weighted by atomic mass is 10.0. The lowest BCUT2D eigenvalue weighted by Crippen LogP contribution is -2.67. The Bertz CT molecular complexity index is 547. The number of ether oxygens (including phenoxy) is 3. The van der Waals surface area contributed by atoms with Crippen molar-refractivity contribution in [2.24, 2.45) is 0 Å². The normalized spacial score (nSPS) is 31.3. The molecule has 2 aliphatic heterocycles. The van der Waals surface area contributed by atoms with Crippen LogP contribution in [0.2, 0.25) is 0 Å². The van der Waals surface area contributed by atoms with Crippen LogP contribution < -0.4 is 0 Å². The first-order valence-electron chi connectivity index (χ1n) is 10.3. The first-order chi connectivity index (χ1) is 13.4. The second-order valence-electron chi connectivity index (χ2n) is 7.31. The molecule has 9 nitrogen and oxygen atoms in total. The van der Waals surface area contributed by atoms with E-state index in [1.807, 2.05) is 0 Å². The fourth-order valence-corrected chi connectivity index (χ4v) is 4.41. The summed E-state index contributed by atoms with van der Waals surface area (Å²) in [6.07, 6.45) is 10.1. The van der Waals surface area contributed by atoms with Crippen molar-refractivity contribution < 1.29 is 41.2 Å². The number of rotatable bonds is 15. The lowest BCUT2D eigenvalue weighted by molar-refractivity contribution is -0.569. The third kappa shape index (κ3) is 6.60. The van der Waals surface area contributed by atoms with E-state index >= 15 is 0 Å². The molecule has 2 N–H and O–H groups in total. The molecule has 1 unspecified atom stereocenters. The van der Waals surface area contributed by atoms with Crippen molar-refractivity contribution in [1.29, 1.82) is 0 Å². The highest BCUT2D eigenvalue weighted by atomic mass is 32.3. The van der Waals surface area contributed by atoms with Gasteiger partial charge in [0, 0.05) is 6.42 Å². The maximum atomic E-state index is 11.7. The molecule has 1 atom stereocenters. The summed E-state index contributed by atoms with van der Waals surface area (Å²) in [7, 11) is -4.41. The molecule has 0 amide bonds. The minimum atomic E-state index is -4.41. The van der Waals surface area contributed by atoms with Crippen LogP contribution in [0.5, 0.6) is 0 Å². The van der Waals surface area contributed by atoms with E-state index in [1.165, 1.54) is 38.5 Å². The van der Waals surface area contributed by atoms with Crippen LogP contribution >= 0.6 is 0 Å². The van der Waals surface area contributed by atoms with Crippen LogP contribution in [0.1, 0.15) is 77.6 Å². The van der Waals surface area contributed by atoms with Gasteiger partial charge in [-0.25, -0.2) is 4.18 Å². The Morgan fingerprint density at radius 3 is 2.07 bits per heavy atom. The van der Waals surface area contributed by atoms with E-state index in [2.05, 4.69) is 6.92 Å². The third-order valence-corrected chi connectivity index (χ3v) is 5.77. The average molecular weight is 427 g/mol. The van der Waals surface area contributed by atoms with Gasteiger partial charge in [-0.1, -0.05) is 64.7 Å². The lowest BCUT2D eigenvalue weighted by Gasteiger charge is -2.46. The molecule has 2 fully saturated rings. The fourth-order valence-electron chi connectivity index (χ4n) is 3.37. The van der Waals surface area contributed by atoms with Crippen LogP contribution in [0.25, 0.3) is 0 Å². The molecule has 10 heteroatoms. The summed E-state index contributed by atoms with van der Waals surface area (Å²) in [5, 5.41) is 19.3. The van der Waals surface area contributed by atoms with Gasteiger partial charge in [-0.15, -0.1) is 0 Å². The van der Waals surface area contributed by atoms with Crippen LogP contribution in [0, 0.1) is 0 Å². The Morgan fingerprint density at radius 1 is 0.929 bits per heavy atom. The van der Waals surface area contributed by atoms with Gasteiger partial charge in [0.25, 0.3) is 5.79 Å². The molecule has 2 rings (SSSR count). The van der Waals surface area contributed by atoms with Crippen LogP contribution in [0.4, 0.5) is 0 Å². The Kier molecular flexibility index (Phi) is 9.55. The first kappa shape index (κ1) is 23.9. The largest absolute Gasteiger partial charge is 0.407 e. The van der Waals surface area contributed by atoms with Crippen molar-refractivity contribution in [1.82, 2.24) is 0 Å². The van der Waals surface area contributed by atoms with E-state index in [-0.39, 0.29) is 26.2 Å². The van der Waals surface area contributed by atoms with Crippen LogP contribution in [-0.4, -0.2) is 56.5 Å². The third-order valence-electron chi connectivity index (χ3n) is 4.86. The summed E-state index contributed by atoms with van der Waals surface area (Å²) < 4.78 is 48.5. The molecule has 0 radical (unpaired) electrons. The molecule has 166 valence electrons. The van der Waals surface area contributed by atoms with E-state index in [0.29, 0.717) is 6.42 Å². The zero-order chi connectivity index (χ0) is 20.5. The van der Waals surface area contributed by atoms with E-state index in [1.54, 1.807) is 0 Å². The van der Waals surface area contributed by atoms with Gasteiger partial charge in [0.1, 0.15) is 0 Å². The molecule has 0 aromatic carbocycles. The summed E-state index contributed by atoms with van der Waals surface area (Å²) in [5.41, 5.74) is 0. The zero-order valence-corrected chi connectivity index (χ0v) is 17.5. The van der Waals surface area contributed by atoms with Crippen LogP contribution in [0.3, 0.4) is 0 Å². The highest BCUT2D eigenvalue weighted by molar-refractivity contribution is 7.82. The van der Waals surface area contributed by atoms with Gasteiger partial charge in [-0.2, -0.15) is 12.6 Å². The van der Waals surface area contributed by atoms with Gasteiger partial charge in [0.05, 0.1) is 19.8 Å². The molecule has 2 heterocycles. The Balaban J connectivity index is 1.67. The summed E-state index contributed by atoms with van der Waals surface area (Å²) >= 11 is 0. The molecule has 2 aliphatic rings. The molecule has 1 spiro atoms.